The number of allylic oxidation sites excluding steroid dienone is 1. The van der Waals surface area contributed by atoms with Crippen LogP contribution < -0.4 is 14.9 Å². The Kier molecular flexibility index (Phi) is 6.72. The molecule has 1 aliphatic heterocycles. The number of halogens is 1. The Morgan fingerprint density at radius 3 is 2.76 bits per heavy atom. The summed E-state index contributed by atoms with van der Waals surface area (Å²) in [6.07, 6.45) is 1.62. The van der Waals surface area contributed by atoms with Crippen molar-refractivity contribution < 1.29 is 23.8 Å². The average Bonchev–Trinajstić information content (AvgIpc) is 3.60. The zero-order chi connectivity index (χ0) is 26.3. The lowest BCUT2D eigenvalue weighted by molar-refractivity contribution is -0.139. The Bertz CT molecular complexity index is 1740. The lowest BCUT2D eigenvalue weighted by Crippen LogP contribution is -2.39. The number of aromatic nitrogens is 1. The molecular weight excluding hydrogens is 536 g/mol. The van der Waals surface area contributed by atoms with Gasteiger partial charge in [0.05, 0.1) is 33.0 Å². The SMILES string of the molecule is CCOC(=O)C1=C(C)N=c2s/c(=C\c3ccc(-c4ccc(C(=O)O)c(Cl)c4)o3)c(=O)n2[C@@H]1c1cccs1. The Morgan fingerprint density at radius 2 is 2.08 bits per heavy atom. The molecule has 188 valence electrons. The number of carboxylic acids is 1. The van der Waals surface area contributed by atoms with Crippen molar-refractivity contribution in [2.24, 2.45) is 4.99 Å². The molecule has 1 N–H and O–H groups in total. The summed E-state index contributed by atoms with van der Waals surface area (Å²) < 4.78 is 13.1. The van der Waals surface area contributed by atoms with E-state index in [1.807, 2.05) is 17.5 Å². The van der Waals surface area contributed by atoms with Gasteiger partial charge < -0.3 is 14.3 Å². The van der Waals surface area contributed by atoms with Crippen LogP contribution in [-0.4, -0.2) is 28.2 Å². The molecule has 0 bridgehead atoms. The minimum Gasteiger partial charge on any atom is -0.478 e. The monoisotopic (exact) mass is 554 g/mol. The molecule has 0 saturated heterocycles. The number of carbonyl (C=O) groups is 2. The van der Waals surface area contributed by atoms with E-state index in [9.17, 15) is 19.5 Å². The summed E-state index contributed by atoms with van der Waals surface area (Å²) in [5.74, 6) is -0.726. The highest BCUT2D eigenvalue weighted by molar-refractivity contribution is 7.10. The number of carboxylic acid groups (broad SMARTS) is 1. The summed E-state index contributed by atoms with van der Waals surface area (Å²) in [4.78, 5) is 43.5. The molecule has 0 saturated carbocycles. The standard InChI is InChI=1S/C26H19ClN2O6S2/c1-3-34-25(33)21-13(2)28-26-29(22(21)19-5-4-10-36-19)23(30)20(37-26)12-15-7-9-18(35-15)14-6-8-16(24(31)32)17(27)11-14/h4-12,22H,3H2,1-2H3,(H,31,32)/b20-12-/t22-/m1/s1. The third-order valence-corrected chi connectivity index (χ3v) is 7.93. The number of rotatable bonds is 6. The number of hydrogen-bond acceptors (Lipinski definition) is 8. The first-order valence-corrected chi connectivity index (χ1v) is 13.2. The minimum atomic E-state index is -1.12. The van der Waals surface area contributed by atoms with E-state index in [0.29, 0.717) is 37.7 Å². The van der Waals surface area contributed by atoms with E-state index in [2.05, 4.69) is 4.99 Å². The Labute approximate surface area is 223 Å². The van der Waals surface area contributed by atoms with Gasteiger partial charge in [0, 0.05) is 16.5 Å². The lowest BCUT2D eigenvalue weighted by atomic mass is 10.0. The van der Waals surface area contributed by atoms with Gasteiger partial charge in [-0.3, -0.25) is 9.36 Å². The molecule has 0 amide bonds. The largest absolute Gasteiger partial charge is 0.478 e. The van der Waals surface area contributed by atoms with Crippen LogP contribution >= 0.6 is 34.3 Å². The number of carbonyl (C=O) groups excluding carboxylic acids is 1. The maximum atomic E-state index is 13.6. The van der Waals surface area contributed by atoms with E-state index in [0.717, 1.165) is 4.88 Å². The zero-order valence-corrected chi connectivity index (χ0v) is 21.9. The van der Waals surface area contributed by atoms with Crippen molar-refractivity contribution in [3.8, 4) is 11.3 Å². The number of fused-ring (bicyclic) bond motifs is 1. The summed E-state index contributed by atoms with van der Waals surface area (Å²) in [5, 5.41) is 11.2. The van der Waals surface area contributed by atoms with E-state index < -0.39 is 18.0 Å². The first-order valence-electron chi connectivity index (χ1n) is 11.1. The summed E-state index contributed by atoms with van der Waals surface area (Å²) in [7, 11) is 0. The predicted octanol–water partition coefficient (Wildman–Crippen LogP) is 4.47. The van der Waals surface area contributed by atoms with Gasteiger partial charge in [0.1, 0.15) is 17.6 Å². The molecule has 4 heterocycles. The molecule has 0 unspecified atom stereocenters. The Hall–Kier alpha value is -3.73. The first-order chi connectivity index (χ1) is 17.8. The van der Waals surface area contributed by atoms with Crippen LogP contribution in [0.5, 0.6) is 0 Å². The maximum absolute atomic E-state index is 13.6. The van der Waals surface area contributed by atoms with Crippen LogP contribution in [0.25, 0.3) is 17.4 Å². The van der Waals surface area contributed by atoms with Gasteiger partial charge in [0.15, 0.2) is 4.80 Å². The van der Waals surface area contributed by atoms with Crippen LogP contribution in [0.2, 0.25) is 5.02 Å². The van der Waals surface area contributed by atoms with Gasteiger partial charge in [0.2, 0.25) is 0 Å². The second-order valence-corrected chi connectivity index (χ2v) is 10.4. The number of furan rings is 1. The van der Waals surface area contributed by atoms with Crippen LogP contribution in [-0.2, 0) is 9.53 Å². The highest BCUT2D eigenvalue weighted by Gasteiger charge is 2.33. The van der Waals surface area contributed by atoms with E-state index in [-0.39, 0.29) is 22.8 Å². The molecule has 0 radical (unpaired) electrons. The predicted molar refractivity (Wildman–Crippen MR) is 141 cm³/mol. The fraction of sp³-hybridized carbons (Fsp3) is 0.154. The number of thiophene rings is 1. The second-order valence-electron chi connectivity index (χ2n) is 8.02. The fourth-order valence-electron chi connectivity index (χ4n) is 4.06. The van der Waals surface area contributed by atoms with Crippen LogP contribution in [0.1, 0.15) is 40.9 Å². The number of hydrogen-bond donors (Lipinski definition) is 1. The molecule has 0 spiro atoms. The van der Waals surface area contributed by atoms with Crippen molar-refractivity contribution >= 4 is 52.3 Å². The molecular formula is C26H19ClN2O6S2. The minimum absolute atomic E-state index is 0.00363. The summed E-state index contributed by atoms with van der Waals surface area (Å²) in [6.45, 7) is 3.68. The molecule has 4 aromatic rings. The van der Waals surface area contributed by atoms with Crippen molar-refractivity contribution in [2.75, 3.05) is 6.61 Å². The molecule has 0 aliphatic carbocycles. The number of thiazole rings is 1. The normalized spacial score (nSPS) is 15.4. The fourth-order valence-corrected chi connectivity index (χ4v) is 6.18. The van der Waals surface area contributed by atoms with Crippen molar-refractivity contribution in [1.82, 2.24) is 4.57 Å². The van der Waals surface area contributed by atoms with Crippen LogP contribution in [0, 0.1) is 0 Å². The topological polar surface area (TPSA) is 111 Å². The number of benzene rings is 1. The lowest BCUT2D eigenvalue weighted by Gasteiger charge is -2.23. The highest BCUT2D eigenvalue weighted by Crippen LogP contribution is 2.33. The molecule has 1 aromatic carbocycles. The third kappa shape index (κ3) is 4.59. The molecule has 8 nitrogen and oxygen atoms in total. The van der Waals surface area contributed by atoms with Crippen LogP contribution in [0.4, 0.5) is 0 Å². The molecule has 3 aromatic heterocycles. The quantitative estimate of drug-likeness (QED) is 0.352. The van der Waals surface area contributed by atoms with Gasteiger partial charge in [-0.1, -0.05) is 35.1 Å². The smallest absolute Gasteiger partial charge is 0.338 e. The molecule has 1 aliphatic rings. The van der Waals surface area contributed by atoms with E-state index >= 15 is 0 Å². The van der Waals surface area contributed by atoms with Crippen molar-refractivity contribution in [3.05, 3.63) is 100 Å². The molecule has 37 heavy (non-hydrogen) atoms. The van der Waals surface area contributed by atoms with E-state index in [1.165, 1.54) is 39.4 Å². The van der Waals surface area contributed by atoms with Gasteiger partial charge in [-0.15, -0.1) is 11.3 Å². The van der Waals surface area contributed by atoms with Crippen molar-refractivity contribution in [3.63, 3.8) is 0 Å². The number of esters is 1. The average molecular weight is 555 g/mol. The van der Waals surface area contributed by atoms with Gasteiger partial charge in [-0.05, 0) is 49.6 Å². The first kappa shape index (κ1) is 24.9. The molecule has 0 fully saturated rings. The Balaban J connectivity index is 1.58. The Morgan fingerprint density at radius 1 is 1.27 bits per heavy atom. The molecule has 11 heteroatoms. The van der Waals surface area contributed by atoms with Crippen LogP contribution in [0.15, 0.2) is 73.3 Å². The van der Waals surface area contributed by atoms with Gasteiger partial charge in [-0.25, -0.2) is 14.6 Å². The number of aromatic carboxylic acids is 1. The molecule has 1 atom stereocenters. The van der Waals surface area contributed by atoms with Gasteiger partial charge >= 0.3 is 11.9 Å². The number of nitrogens with zero attached hydrogens (tertiary/aromatic N) is 2. The van der Waals surface area contributed by atoms with Crippen molar-refractivity contribution in [1.29, 1.82) is 0 Å². The zero-order valence-electron chi connectivity index (χ0n) is 19.6. The van der Waals surface area contributed by atoms with Crippen LogP contribution in [0.3, 0.4) is 0 Å². The maximum Gasteiger partial charge on any atom is 0.338 e. The number of ether oxygens (including phenoxy) is 1. The highest BCUT2D eigenvalue weighted by atomic mass is 35.5. The van der Waals surface area contributed by atoms with Gasteiger partial charge in [0.25, 0.3) is 5.56 Å². The van der Waals surface area contributed by atoms with Crippen molar-refractivity contribution in [2.45, 2.75) is 19.9 Å². The third-order valence-electron chi connectivity index (χ3n) is 5.71. The summed E-state index contributed by atoms with van der Waals surface area (Å²) in [5.41, 5.74) is 1.14. The molecule has 5 rings (SSSR count). The van der Waals surface area contributed by atoms with E-state index in [4.69, 9.17) is 20.8 Å². The summed E-state index contributed by atoms with van der Waals surface area (Å²) in [6, 6.07) is 11.1. The summed E-state index contributed by atoms with van der Waals surface area (Å²) >= 11 is 8.74. The van der Waals surface area contributed by atoms with Gasteiger partial charge in [-0.2, -0.15) is 0 Å². The van der Waals surface area contributed by atoms with E-state index in [1.54, 1.807) is 38.1 Å². The second kappa shape index (κ2) is 9.97.